The van der Waals surface area contributed by atoms with Crippen LogP contribution in [0.1, 0.15) is 11.3 Å². The van der Waals surface area contributed by atoms with Gasteiger partial charge in [-0.25, -0.2) is 0 Å². The Labute approximate surface area is 89.6 Å². The lowest BCUT2D eigenvalue weighted by Crippen LogP contribution is -2.61. The Kier molecular flexibility index (Phi) is 3.09. The lowest BCUT2D eigenvalue weighted by atomic mass is 9.90. The van der Waals surface area contributed by atoms with Gasteiger partial charge in [0, 0.05) is 39.3 Å². The molecule has 1 fully saturated rings. The number of hydrogen-bond acceptors (Lipinski definition) is 4. The average Bonchev–Trinajstić information content (AvgIpc) is 2.60. The molecule has 1 saturated heterocycles. The van der Waals surface area contributed by atoms with E-state index in [1.54, 1.807) is 20.5 Å². The van der Waals surface area contributed by atoms with Gasteiger partial charge in [-0.15, -0.1) is 0 Å². The SMILES string of the molecule is COCc1ccoc1CC1(OC)CNC1. The zero-order chi connectivity index (χ0) is 10.7. The molecule has 0 unspecified atom stereocenters. The molecule has 4 heteroatoms. The van der Waals surface area contributed by atoms with Crippen molar-refractivity contribution in [2.45, 2.75) is 18.6 Å². The highest BCUT2D eigenvalue weighted by atomic mass is 16.5. The molecule has 1 N–H and O–H groups in total. The van der Waals surface area contributed by atoms with Crippen molar-refractivity contribution in [3.63, 3.8) is 0 Å². The third-order valence-corrected chi connectivity index (χ3v) is 2.95. The Morgan fingerprint density at radius 2 is 2.27 bits per heavy atom. The summed E-state index contributed by atoms with van der Waals surface area (Å²) in [4.78, 5) is 0. The second-order valence-electron chi connectivity index (χ2n) is 3.97. The van der Waals surface area contributed by atoms with E-state index in [-0.39, 0.29) is 5.60 Å². The summed E-state index contributed by atoms with van der Waals surface area (Å²) in [6.45, 7) is 2.37. The van der Waals surface area contributed by atoms with E-state index in [2.05, 4.69) is 5.32 Å². The fourth-order valence-electron chi connectivity index (χ4n) is 1.84. The highest BCUT2D eigenvalue weighted by Gasteiger charge is 2.38. The van der Waals surface area contributed by atoms with Crippen molar-refractivity contribution >= 4 is 0 Å². The number of rotatable bonds is 5. The molecule has 0 bridgehead atoms. The van der Waals surface area contributed by atoms with E-state index < -0.39 is 0 Å². The second kappa shape index (κ2) is 4.35. The number of furan rings is 1. The Morgan fingerprint density at radius 3 is 2.80 bits per heavy atom. The van der Waals surface area contributed by atoms with Crippen molar-refractivity contribution in [2.75, 3.05) is 27.3 Å². The smallest absolute Gasteiger partial charge is 0.112 e. The van der Waals surface area contributed by atoms with Crippen LogP contribution in [-0.4, -0.2) is 32.9 Å². The normalized spacial score (nSPS) is 18.8. The van der Waals surface area contributed by atoms with Crippen LogP contribution in [0.5, 0.6) is 0 Å². The van der Waals surface area contributed by atoms with Crippen molar-refractivity contribution in [3.8, 4) is 0 Å². The third kappa shape index (κ3) is 2.07. The van der Waals surface area contributed by atoms with E-state index in [1.165, 1.54) is 0 Å². The Morgan fingerprint density at radius 1 is 1.47 bits per heavy atom. The molecule has 0 amide bonds. The van der Waals surface area contributed by atoms with Gasteiger partial charge in [-0.3, -0.25) is 0 Å². The summed E-state index contributed by atoms with van der Waals surface area (Å²) >= 11 is 0. The van der Waals surface area contributed by atoms with Crippen LogP contribution in [0.15, 0.2) is 16.7 Å². The van der Waals surface area contributed by atoms with E-state index in [0.29, 0.717) is 6.61 Å². The van der Waals surface area contributed by atoms with Crippen LogP contribution in [0.2, 0.25) is 0 Å². The summed E-state index contributed by atoms with van der Waals surface area (Å²) in [7, 11) is 3.44. The molecule has 1 aromatic heterocycles. The molecule has 2 heterocycles. The molecule has 0 aliphatic carbocycles. The first kappa shape index (κ1) is 10.7. The maximum absolute atomic E-state index is 5.52. The zero-order valence-electron chi connectivity index (χ0n) is 9.21. The third-order valence-electron chi connectivity index (χ3n) is 2.95. The Balaban J connectivity index is 2.06. The first-order valence-electron chi connectivity index (χ1n) is 5.10. The molecule has 0 aromatic carbocycles. The van der Waals surface area contributed by atoms with Gasteiger partial charge in [0.1, 0.15) is 5.76 Å². The highest BCUT2D eigenvalue weighted by molar-refractivity contribution is 5.19. The quantitative estimate of drug-likeness (QED) is 0.787. The molecule has 2 rings (SSSR count). The predicted molar refractivity (Wildman–Crippen MR) is 55.7 cm³/mol. The highest BCUT2D eigenvalue weighted by Crippen LogP contribution is 2.24. The van der Waals surface area contributed by atoms with Gasteiger partial charge in [-0.1, -0.05) is 0 Å². The van der Waals surface area contributed by atoms with Crippen LogP contribution in [0.4, 0.5) is 0 Å². The first-order valence-corrected chi connectivity index (χ1v) is 5.10. The molecule has 0 spiro atoms. The molecule has 15 heavy (non-hydrogen) atoms. The summed E-state index contributed by atoms with van der Waals surface area (Å²) in [5.74, 6) is 0.972. The van der Waals surface area contributed by atoms with E-state index >= 15 is 0 Å². The van der Waals surface area contributed by atoms with Crippen LogP contribution >= 0.6 is 0 Å². The van der Waals surface area contributed by atoms with E-state index in [0.717, 1.165) is 30.8 Å². The molecule has 4 nitrogen and oxygen atoms in total. The minimum Gasteiger partial charge on any atom is -0.469 e. The molecule has 1 aliphatic heterocycles. The van der Waals surface area contributed by atoms with Crippen molar-refractivity contribution in [3.05, 3.63) is 23.7 Å². The molecule has 0 atom stereocenters. The Bertz CT molecular complexity index is 312. The lowest BCUT2D eigenvalue weighted by molar-refractivity contribution is -0.0537. The van der Waals surface area contributed by atoms with E-state index in [9.17, 15) is 0 Å². The zero-order valence-corrected chi connectivity index (χ0v) is 9.21. The summed E-state index contributed by atoms with van der Waals surface area (Å²) < 4.78 is 16.1. The largest absolute Gasteiger partial charge is 0.469 e. The maximum atomic E-state index is 5.52. The maximum Gasteiger partial charge on any atom is 0.112 e. The van der Waals surface area contributed by atoms with Gasteiger partial charge in [-0.05, 0) is 6.07 Å². The van der Waals surface area contributed by atoms with Crippen molar-refractivity contribution in [1.82, 2.24) is 5.32 Å². The number of ether oxygens (including phenoxy) is 2. The number of hydrogen-bond donors (Lipinski definition) is 1. The number of methoxy groups -OCH3 is 2. The molecular weight excluding hydrogens is 194 g/mol. The average molecular weight is 211 g/mol. The van der Waals surface area contributed by atoms with Gasteiger partial charge in [0.15, 0.2) is 0 Å². The van der Waals surface area contributed by atoms with Gasteiger partial charge in [0.25, 0.3) is 0 Å². The van der Waals surface area contributed by atoms with E-state index in [4.69, 9.17) is 13.9 Å². The molecule has 0 saturated carbocycles. The van der Waals surface area contributed by atoms with Crippen LogP contribution < -0.4 is 5.32 Å². The van der Waals surface area contributed by atoms with Gasteiger partial charge in [-0.2, -0.15) is 0 Å². The number of nitrogens with one attached hydrogen (secondary N) is 1. The van der Waals surface area contributed by atoms with Crippen LogP contribution in [-0.2, 0) is 22.5 Å². The van der Waals surface area contributed by atoms with Crippen molar-refractivity contribution in [1.29, 1.82) is 0 Å². The second-order valence-corrected chi connectivity index (χ2v) is 3.97. The summed E-state index contributed by atoms with van der Waals surface area (Å²) in [5, 5.41) is 3.22. The van der Waals surface area contributed by atoms with Crippen LogP contribution in [0.3, 0.4) is 0 Å². The fourth-order valence-corrected chi connectivity index (χ4v) is 1.84. The molecule has 84 valence electrons. The van der Waals surface area contributed by atoms with Crippen molar-refractivity contribution in [2.24, 2.45) is 0 Å². The predicted octanol–water partition coefficient (Wildman–Crippen LogP) is 0.957. The minimum absolute atomic E-state index is 0.0830. The topological polar surface area (TPSA) is 43.6 Å². The monoisotopic (exact) mass is 211 g/mol. The molecular formula is C11H17NO3. The summed E-state index contributed by atoms with van der Waals surface area (Å²) in [6.07, 6.45) is 2.52. The van der Waals surface area contributed by atoms with Gasteiger partial charge in [0.05, 0.1) is 18.5 Å². The summed E-state index contributed by atoms with van der Waals surface area (Å²) in [5.41, 5.74) is 1.03. The minimum atomic E-state index is -0.0830. The summed E-state index contributed by atoms with van der Waals surface area (Å²) in [6, 6.07) is 1.95. The molecule has 0 radical (unpaired) electrons. The van der Waals surface area contributed by atoms with Gasteiger partial charge >= 0.3 is 0 Å². The molecule has 1 aromatic rings. The first-order chi connectivity index (χ1) is 7.29. The Hall–Kier alpha value is -0.840. The van der Waals surface area contributed by atoms with E-state index in [1.807, 2.05) is 6.07 Å². The van der Waals surface area contributed by atoms with Crippen LogP contribution in [0, 0.1) is 0 Å². The molecule has 1 aliphatic rings. The standard InChI is InChI=1S/C11H17NO3/c1-13-6-9-3-4-15-10(9)5-11(14-2)7-12-8-11/h3-4,12H,5-8H2,1-2H3. The van der Waals surface area contributed by atoms with Crippen molar-refractivity contribution < 1.29 is 13.9 Å². The lowest BCUT2D eigenvalue weighted by Gasteiger charge is -2.40. The van der Waals surface area contributed by atoms with Gasteiger partial charge in [0.2, 0.25) is 0 Å². The van der Waals surface area contributed by atoms with Crippen LogP contribution in [0.25, 0.3) is 0 Å². The van der Waals surface area contributed by atoms with Gasteiger partial charge < -0.3 is 19.2 Å². The fraction of sp³-hybridized carbons (Fsp3) is 0.636.